The molecule has 32 heavy (non-hydrogen) atoms. The zero-order chi connectivity index (χ0) is 22.3. The van der Waals surface area contributed by atoms with Gasteiger partial charge in [0.1, 0.15) is 5.75 Å². The van der Waals surface area contributed by atoms with Gasteiger partial charge >= 0.3 is 0 Å². The van der Waals surface area contributed by atoms with Gasteiger partial charge < -0.3 is 4.74 Å². The summed E-state index contributed by atoms with van der Waals surface area (Å²) in [6.45, 7) is 7.16. The van der Waals surface area contributed by atoms with E-state index in [9.17, 15) is 4.79 Å². The lowest BCUT2D eigenvalue weighted by Gasteiger charge is -2.26. The van der Waals surface area contributed by atoms with Crippen LogP contribution in [0.1, 0.15) is 54.9 Å². The van der Waals surface area contributed by atoms with Crippen molar-refractivity contribution < 1.29 is 9.53 Å². The molecule has 2 heterocycles. The quantitative estimate of drug-likeness (QED) is 0.332. The maximum absolute atomic E-state index is 11.9. The van der Waals surface area contributed by atoms with E-state index in [0.717, 1.165) is 47.6 Å². The molecule has 4 rings (SSSR count). The van der Waals surface area contributed by atoms with E-state index in [1.165, 1.54) is 19.3 Å². The Labute approximate surface area is 194 Å². The second-order valence-corrected chi connectivity index (χ2v) is 8.95. The number of ketones is 1. The maximum Gasteiger partial charge on any atom is 0.196 e. The highest BCUT2D eigenvalue weighted by Crippen LogP contribution is 2.30. The minimum Gasteiger partial charge on any atom is -0.494 e. The zero-order valence-corrected chi connectivity index (χ0v) is 19.6. The third kappa shape index (κ3) is 5.40. The molecule has 7 heteroatoms. The van der Waals surface area contributed by atoms with Crippen LogP contribution in [0.2, 0.25) is 0 Å². The average molecular weight is 451 g/mol. The summed E-state index contributed by atoms with van der Waals surface area (Å²) in [6.07, 6.45) is 3.80. The summed E-state index contributed by atoms with van der Waals surface area (Å²) in [7, 11) is 0. The third-order valence-electron chi connectivity index (χ3n) is 5.65. The van der Waals surface area contributed by atoms with E-state index in [1.807, 2.05) is 43.3 Å². The predicted octanol–water partition coefficient (Wildman–Crippen LogP) is 5.15. The summed E-state index contributed by atoms with van der Waals surface area (Å²) in [6, 6.07) is 15.9. The molecule has 1 aromatic heterocycles. The van der Waals surface area contributed by atoms with E-state index in [0.29, 0.717) is 17.9 Å². The number of hydrogen-bond acceptors (Lipinski definition) is 6. The first-order valence-electron chi connectivity index (χ1n) is 11.3. The van der Waals surface area contributed by atoms with Crippen LogP contribution in [0.4, 0.5) is 0 Å². The number of hydrogen-bond donors (Lipinski definition) is 0. The SMILES string of the molecule is CCOc1ccc(C(C)=O)cc1CSc1nnc(CN2CCCCC2)n1-c1ccccc1. The molecule has 0 atom stereocenters. The summed E-state index contributed by atoms with van der Waals surface area (Å²) >= 11 is 1.62. The topological polar surface area (TPSA) is 60.2 Å². The number of benzene rings is 2. The standard InChI is InChI=1S/C25H30N4O2S/c1-3-31-23-13-12-20(19(2)30)16-21(23)18-32-25-27-26-24(17-28-14-8-5-9-15-28)29(25)22-10-6-4-7-11-22/h4,6-7,10-13,16H,3,5,8-9,14-15,17-18H2,1-2H3. The number of para-hydroxylation sites is 1. The number of thioether (sulfide) groups is 1. The minimum absolute atomic E-state index is 0.0515. The Balaban J connectivity index is 1.61. The Morgan fingerprint density at radius 2 is 1.84 bits per heavy atom. The van der Waals surface area contributed by atoms with Crippen LogP contribution in [-0.4, -0.2) is 45.1 Å². The lowest BCUT2D eigenvalue weighted by Crippen LogP contribution is -2.30. The molecule has 0 radical (unpaired) electrons. The third-order valence-corrected chi connectivity index (χ3v) is 6.63. The molecule has 0 bridgehead atoms. The Hall–Kier alpha value is -2.64. The lowest BCUT2D eigenvalue weighted by molar-refractivity contribution is 0.101. The van der Waals surface area contributed by atoms with Gasteiger partial charge in [-0.15, -0.1) is 10.2 Å². The molecule has 1 fully saturated rings. The Bertz CT molecular complexity index is 1050. The van der Waals surface area contributed by atoms with Gasteiger partial charge in [-0.05, 0) is 70.1 Å². The van der Waals surface area contributed by atoms with Crippen LogP contribution >= 0.6 is 11.8 Å². The van der Waals surface area contributed by atoms with Crippen LogP contribution in [0.5, 0.6) is 5.75 Å². The van der Waals surface area contributed by atoms with Gasteiger partial charge in [-0.2, -0.15) is 0 Å². The highest BCUT2D eigenvalue weighted by Gasteiger charge is 2.19. The Morgan fingerprint density at radius 1 is 1.06 bits per heavy atom. The number of Topliss-reactive ketones (excluding diaryl/α,β-unsaturated/α-hetero) is 1. The van der Waals surface area contributed by atoms with E-state index >= 15 is 0 Å². The highest BCUT2D eigenvalue weighted by molar-refractivity contribution is 7.98. The minimum atomic E-state index is 0.0515. The molecule has 1 saturated heterocycles. The number of rotatable bonds is 9. The first kappa shape index (κ1) is 22.6. The van der Waals surface area contributed by atoms with Crippen LogP contribution in [0.15, 0.2) is 53.7 Å². The molecule has 1 aliphatic heterocycles. The van der Waals surface area contributed by atoms with Crippen molar-refractivity contribution in [1.29, 1.82) is 0 Å². The van der Waals surface area contributed by atoms with Gasteiger partial charge in [0.15, 0.2) is 16.8 Å². The highest BCUT2D eigenvalue weighted by atomic mass is 32.2. The number of likely N-dealkylation sites (tertiary alicyclic amines) is 1. The van der Waals surface area contributed by atoms with Crippen LogP contribution in [0.25, 0.3) is 5.69 Å². The van der Waals surface area contributed by atoms with Gasteiger partial charge in [-0.3, -0.25) is 14.3 Å². The molecule has 0 saturated carbocycles. The van der Waals surface area contributed by atoms with Crippen molar-refractivity contribution in [1.82, 2.24) is 19.7 Å². The molecule has 168 valence electrons. The fourth-order valence-electron chi connectivity index (χ4n) is 4.00. The molecule has 0 unspecified atom stereocenters. The number of carbonyl (C=O) groups excluding carboxylic acids is 1. The zero-order valence-electron chi connectivity index (χ0n) is 18.8. The summed E-state index contributed by atoms with van der Waals surface area (Å²) in [5.74, 6) is 2.47. The van der Waals surface area contributed by atoms with Gasteiger partial charge in [0.05, 0.1) is 13.2 Å². The van der Waals surface area contributed by atoms with Crippen LogP contribution in [0, 0.1) is 0 Å². The summed E-state index contributed by atoms with van der Waals surface area (Å²) in [5, 5.41) is 9.96. The molecule has 2 aromatic carbocycles. The molecule has 0 amide bonds. The monoisotopic (exact) mass is 450 g/mol. The number of nitrogens with zero attached hydrogens (tertiary/aromatic N) is 4. The molecule has 6 nitrogen and oxygen atoms in total. The van der Waals surface area contributed by atoms with Crippen molar-refractivity contribution in [2.45, 2.75) is 50.6 Å². The van der Waals surface area contributed by atoms with Crippen LogP contribution < -0.4 is 4.74 Å². The van der Waals surface area contributed by atoms with Crippen LogP contribution in [-0.2, 0) is 12.3 Å². The molecule has 0 aliphatic carbocycles. The van der Waals surface area contributed by atoms with Crippen molar-refractivity contribution >= 4 is 17.5 Å². The first-order chi connectivity index (χ1) is 15.7. The summed E-state index contributed by atoms with van der Waals surface area (Å²) in [5.41, 5.74) is 2.75. The largest absolute Gasteiger partial charge is 0.494 e. The molecular weight excluding hydrogens is 420 g/mol. The van der Waals surface area contributed by atoms with Crippen molar-refractivity contribution in [2.75, 3.05) is 19.7 Å². The summed E-state index contributed by atoms with van der Waals surface area (Å²) in [4.78, 5) is 14.4. The average Bonchev–Trinajstić information content (AvgIpc) is 3.22. The summed E-state index contributed by atoms with van der Waals surface area (Å²) < 4.78 is 7.97. The first-order valence-corrected chi connectivity index (χ1v) is 12.3. The number of aromatic nitrogens is 3. The molecular formula is C25H30N4O2S. The number of piperidine rings is 1. The smallest absolute Gasteiger partial charge is 0.196 e. The number of carbonyl (C=O) groups is 1. The normalized spacial score (nSPS) is 14.4. The molecule has 0 spiro atoms. The fourth-order valence-corrected chi connectivity index (χ4v) is 4.95. The second kappa shape index (κ2) is 10.8. The number of ether oxygens (including phenoxy) is 1. The maximum atomic E-state index is 11.9. The van der Waals surface area contributed by atoms with Crippen molar-refractivity contribution in [3.05, 3.63) is 65.5 Å². The van der Waals surface area contributed by atoms with E-state index in [2.05, 4.69) is 31.8 Å². The Morgan fingerprint density at radius 3 is 2.56 bits per heavy atom. The Kier molecular flexibility index (Phi) is 7.60. The lowest BCUT2D eigenvalue weighted by atomic mass is 10.1. The van der Waals surface area contributed by atoms with Crippen LogP contribution in [0.3, 0.4) is 0 Å². The van der Waals surface area contributed by atoms with Gasteiger partial charge in [0.25, 0.3) is 0 Å². The van der Waals surface area contributed by atoms with E-state index in [4.69, 9.17) is 4.74 Å². The molecule has 3 aromatic rings. The van der Waals surface area contributed by atoms with E-state index < -0.39 is 0 Å². The fraction of sp³-hybridized carbons (Fsp3) is 0.400. The molecule has 1 aliphatic rings. The van der Waals surface area contributed by atoms with Gasteiger partial charge in [-0.25, -0.2) is 0 Å². The predicted molar refractivity (Wildman–Crippen MR) is 128 cm³/mol. The van der Waals surface area contributed by atoms with Crippen molar-refractivity contribution in [3.63, 3.8) is 0 Å². The molecule has 0 N–H and O–H groups in total. The second-order valence-electron chi connectivity index (χ2n) is 8.01. The van der Waals surface area contributed by atoms with Crippen molar-refractivity contribution in [2.24, 2.45) is 0 Å². The van der Waals surface area contributed by atoms with Gasteiger partial charge in [0.2, 0.25) is 0 Å². The van der Waals surface area contributed by atoms with E-state index in [1.54, 1.807) is 18.7 Å². The van der Waals surface area contributed by atoms with Gasteiger partial charge in [-0.1, -0.05) is 36.4 Å². The van der Waals surface area contributed by atoms with Gasteiger partial charge in [0, 0.05) is 22.6 Å². The van der Waals surface area contributed by atoms with E-state index in [-0.39, 0.29) is 5.78 Å². The van der Waals surface area contributed by atoms with Crippen molar-refractivity contribution in [3.8, 4) is 11.4 Å².